The van der Waals surface area contributed by atoms with Crippen molar-refractivity contribution in [2.45, 2.75) is 12.5 Å². The number of rotatable bonds is 7. The number of nitrogens with zero attached hydrogens (tertiary/aromatic N) is 3. The molecule has 158 valence electrons. The summed E-state index contributed by atoms with van der Waals surface area (Å²) in [6.45, 7) is 1.58. The Kier molecular flexibility index (Phi) is 6.06. The molecule has 1 aliphatic heterocycles. The molecule has 1 unspecified atom stereocenters. The van der Waals surface area contributed by atoms with Crippen LogP contribution in [-0.4, -0.2) is 62.8 Å². The summed E-state index contributed by atoms with van der Waals surface area (Å²) in [6, 6.07) is 13.2. The second-order valence-electron chi connectivity index (χ2n) is 7.31. The first kappa shape index (κ1) is 20.4. The van der Waals surface area contributed by atoms with E-state index in [1.165, 1.54) is 11.3 Å². The lowest BCUT2D eigenvalue weighted by molar-refractivity contribution is -0.127. The van der Waals surface area contributed by atoms with Gasteiger partial charge in [0.1, 0.15) is 17.9 Å². The highest BCUT2D eigenvalue weighted by atomic mass is 32.1. The number of fused-ring (bicyclic) bond motifs is 2. The lowest BCUT2D eigenvalue weighted by atomic mass is 10.2. The Labute approximate surface area is 179 Å². The van der Waals surface area contributed by atoms with Crippen LogP contribution in [0.4, 0.5) is 5.13 Å². The van der Waals surface area contributed by atoms with Crippen LogP contribution in [0.15, 0.2) is 42.5 Å². The molecule has 8 heteroatoms. The van der Waals surface area contributed by atoms with Gasteiger partial charge in [0.05, 0.1) is 11.8 Å². The Balaban J connectivity index is 1.62. The van der Waals surface area contributed by atoms with Crippen molar-refractivity contribution < 1.29 is 19.0 Å². The van der Waals surface area contributed by atoms with Crippen LogP contribution in [0.25, 0.3) is 10.2 Å². The average Bonchev–Trinajstić information content (AvgIpc) is 3.19. The van der Waals surface area contributed by atoms with E-state index in [1.807, 2.05) is 56.6 Å². The number of benzene rings is 2. The molecule has 0 radical (unpaired) electrons. The smallest absolute Gasteiger partial charge is 0.273 e. The van der Waals surface area contributed by atoms with Gasteiger partial charge in [-0.2, -0.15) is 0 Å². The van der Waals surface area contributed by atoms with Crippen LogP contribution in [0.3, 0.4) is 0 Å². The van der Waals surface area contributed by atoms with Crippen LogP contribution in [0.2, 0.25) is 0 Å². The first-order valence-electron chi connectivity index (χ1n) is 9.85. The first-order valence-corrected chi connectivity index (χ1v) is 10.7. The molecule has 0 bridgehead atoms. The molecular formula is C22H25N3O4S. The number of methoxy groups -OCH3 is 1. The number of hydrogen-bond acceptors (Lipinski definition) is 7. The monoisotopic (exact) mass is 427 g/mol. The van der Waals surface area contributed by atoms with Gasteiger partial charge in [-0.3, -0.25) is 9.69 Å². The highest BCUT2D eigenvalue weighted by Crippen LogP contribution is 2.36. The predicted molar refractivity (Wildman–Crippen MR) is 118 cm³/mol. The quantitative estimate of drug-likeness (QED) is 0.576. The van der Waals surface area contributed by atoms with Crippen molar-refractivity contribution in [1.82, 2.24) is 9.88 Å². The van der Waals surface area contributed by atoms with Gasteiger partial charge in [0.2, 0.25) is 6.10 Å². The van der Waals surface area contributed by atoms with Gasteiger partial charge in [-0.1, -0.05) is 29.5 Å². The van der Waals surface area contributed by atoms with Gasteiger partial charge in [0, 0.05) is 6.54 Å². The maximum absolute atomic E-state index is 13.5. The van der Waals surface area contributed by atoms with E-state index in [2.05, 4.69) is 4.90 Å². The third kappa shape index (κ3) is 4.20. The Bertz CT molecular complexity index is 1040. The molecule has 1 aliphatic rings. The van der Waals surface area contributed by atoms with Crippen molar-refractivity contribution in [3.8, 4) is 17.2 Å². The van der Waals surface area contributed by atoms with Crippen LogP contribution >= 0.6 is 11.3 Å². The lowest BCUT2D eigenvalue weighted by Crippen LogP contribution is -2.47. The minimum Gasteiger partial charge on any atom is -0.494 e. The number of hydrogen-bond donors (Lipinski definition) is 0. The number of amides is 1. The number of ether oxygens (including phenoxy) is 3. The maximum Gasteiger partial charge on any atom is 0.273 e. The molecule has 0 spiro atoms. The van der Waals surface area contributed by atoms with E-state index in [0.29, 0.717) is 28.9 Å². The molecule has 7 nitrogen and oxygen atoms in total. The third-order valence-electron chi connectivity index (χ3n) is 4.86. The minimum atomic E-state index is -0.715. The van der Waals surface area contributed by atoms with Crippen LogP contribution in [-0.2, 0) is 4.79 Å². The molecule has 4 rings (SSSR count). The SMILES string of the molecule is COc1cccc2sc(N(CCCN(C)C)C(=O)C3COc4ccccc4O3)nc12. The summed E-state index contributed by atoms with van der Waals surface area (Å²) in [4.78, 5) is 22.0. The normalized spacial score (nSPS) is 15.4. The largest absolute Gasteiger partial charge is 0.494 e. The summed E-state index contributed by atoms with van der Waals surface area (Å²) in [6.07, 6.45) is 0.101. The molecule has 0 aliphatic carbocycles. The fourth-order valence-corrected chi connectivity index (χ4v) is 4.37. The van der Waals surface area contributed by atoms with Gasteiger partial charge in [0.25, 0.3) is 5.91 Å². The number of thiazole rings is 1. The number of carbonyl (C=O) groups is 1. The van der Waals surface area contributed by atoms with Crippen LogP contribution in [0.1, 0.15) is 6.42 Å². The van der Waals surface area contributed by atoms with Gasteiger partial charge >= 0.3 is 0 Å². The number of anilines is 1. The van der Waals surface area contributed by atoms with E-state index < -0.39 is 6.10 Å². The minimum absolute atomic E-state index is 0.152. The molecule has 0 fully saturated rings. The molecule has 1 amide bonds. The zero-order valence-electron chi connectivity index (χ0n) is 17.3. The zero-order valence-corrected chi connectivity index (χ0v) is 18.1. The topological polar surface area (TPSA) is 64.1 Å². The summed E-state index contributed by atoms with van der Waals surface area (Å²) >= 11 is 1.48. The van der Waals surface area contributed by atoms with E-state index in [0.717, 1.165) is 23.2 Å². The van der Waals surface area contributed by atoms with Gasteiger partial charge in [0.15, 0.2) is 16.6 Å². The van der Waals surface area contributed by atoms with Crippen molar-refractivity contribution in [2.24, 2.45) is 0 Å². The number of para-hydroxylation sites is 3. The molecule has 0 N–H and O–H groups in total. The summed E-state index contributed by atoms with van der Waals surface area (Å²) < 4.78 is 18.1. The number of aromatic nitrogens is 1. The Hall–Kier alpha value is -2.84. The highest BCUT2D eigenvalue weighted by molar-refractivity contribution is 7.22. The van der Waals surface area contributed by atoms with E-state index >= 15 is 0 Å². The summed E-state index contributed by atoms with van der Waals surface area (Å²) in [5.41, 5.74) is 0.761. The summed E-state index contributed by atoms with van der Waals surface area (Å²) in [7, 11) is 5.66. The van der Waals surface area contributed by atoms with E-state index in [1.54, 1.807) is 12.0 Å². The van der Waals surface area contributed by atoms with Crippen LogP contribution in [0.5, 0.6) is 17.2 Å². The van der Waals surface area contributed by atoms with Crippen molar-refractivity contribution in [1.29, 1.82) is 0 Å². The van der Waals surface area contributed by atoms with Crippen molar-refractivity contribution in [2.75, 3.05) is 45.8 Å². The van der Waals surface area contributed by atoms with E-state index in [4.69, 9.17) is 19.2 Å². The molecular weight excluding hydrogens is 402 g/mol. The van der Waals surface area contributed by atoms with Crippen LogP contribution in [0, 0.1) is 0 Å². The maximum atomic E-state index is 13.5. The molecule has 1 aromatic heterocycles. The molecule has 3 aromatic rings. The third-order valence-corrected chi connectivity index (χ3v) is 5.90. The molecule has 2 heterocycles. The van der Waals surface area contributed by atoms with Gasteiger partial charge in [-0.15, -0.1) is 0 Å². The molecule has 1 atom stereocenters. The van der Waals surface area contributed by atoms with Gasteiger partial charge < -0.3 is 19.1 Å². The highest BCUT2D eigenvalue weighted by Gasteiger charge is 2.33. The van der Waals surface area contributed by atoms with Gasteiger partial charge in [-0.25, -0.2) is 4.98 Å². The zero-order chi connectivity index (χ0) is 21.1. The van der Waals surface area contributed by atoms with E-state index in [-0.39, 0.29) is 12.5 Å². The predicted octanol–water partition coefficient (Wildman–Crippen LogP) is 3.43. The van der Waals surface area contributed by atoms with E-state index in [9.17, 15) is 4.79 Å². The number of carbonyl (C=O) groups excluding carboxylic acids is 1. The standard InChI is InChI=1S/C22H25N3O4S/c1-24(2)12-7-13-25(22-23-20-17(27-3)10-6-11-19(20)30-22)21(26)18-14-28-15-8-4-5-9-16(15)29-18/h4-6,8-11,18H,7,12-14H2,1-3H3. The summed E-state index contributed by atoms with van der Waals surface area (Å²) in [5.74, 6) is 1.79. The second-order valence-corrected chi connectivity index (χ2v) is 8.32. The fourth-order valence-electron chi connectivity index (χ4n) is 3.35. The van der Waals surface area contributed by atoms with Gasteiger partial charge in [-0.05, 0) is 51.3 Å². The Morgan fingerprint density at radius 2 is 1.97 bits per heavy atom. The Morgan fingerprint density at radius 3 is 2.73 bits per heavy atom. The summed E-state index contributed by atoms with van der Waals surface area (Å²) in [5, 5.41) is 0.640. The average molecular weight is 428 g/mol. The van der Waals surface area contributed by atoms with Crippen molar-refractivity contribution >= 4 is 32.6 Å². The molecule has 0 saturated carbocycles. The van der Waals surface area contributed by atoms with Crippen LogP contribution < -0.4 is 19.1 Å². The first-order chi connectivity index (χ1) is 14.6. The van der Waals surface area contributed by atoms with Crippen molar-refractivity contribution in [3.05, 3.63) is 42.5 Å². The Morgan fingerprint density at radius 1 is 1.17 bits per heavy atom. The second kappa shape index (κ2) is 8.89. The molecule has 0 saturated heterocycles. The molecule has 2 aromatic carbocycles. The molecule has 30 heavy (non-hydrogen) atoms. The van der Waals surface area contributed by atoms with Crippen molar-refractivity contribution in [3.63, 3.8) is 0 Å². The fraction of sp³-hybridized carbons (Fsp3) is 0.364. The lowest BCUT2D eigenvalue weighted by Gasteiger charge is -2.29.